The maximum absolute atomic E-state index is 12.2. The zero-order valence-corrected chi connectivity index (χ0v) is 13.0. The average molecular weight is 297 g/mol. The summed E-state index contributed by atoms with van der Waals surface area (Å²) in [7, 11) is 3.88. The fraction of sp³-hybridized carbons (Fsp3) is 0.571. The van der Waals surface area contributed by atoms with Crippen molar-refractivity contribution in [1.82, 2.24) is 19.6 Å². The molecular weight excluding hydrogens is 276 g/mol. The van der Waals surface area contributed by atoms with Crippen LogP contribution in [-0.2, 0) is 11.8 Å². The van der Waals surface area contributed by atoms with Crippen LogP contribution >= 0.6 is 11.6 Å². The first kappa shape index (κ1) is 15.1. The van der Waals surface area contributed by atoms with Gasteiger partial charge in [0.25, 0.3) is 0 Å². The van der Waals surface area contributed by atoms with Crippen molar-refractivity contribution in [3.05, 3.63) is 22.5 Å². The fourth-order valence-corrected chi connectivity index (χ4v) is 2.60. The highest BCUT2D eigenvalue weighted by molar-refractivity contribution is 6.31. The minimum Gasteiger partial charge on any atom is -0.338 e. The third kappa shape index (κ3) is 3.41. The Morgan fingerprint density at radius 3 is 2.65 bits per heavy atom. The van der Waals surface area contributed by atoms with Gasteiger partial charge in [0.2, 0.25) is 5.91 Å². The summed E-state index contributed by atoms with van der Waals surface area (Å²) in [5.41, 5.74) is 1.65. The number of amides is 1. The van der Waals surface area contributed by atoms with Crippen LogP contribution in [0.5, 0.6) is 0 Å². The van der Waals surface area contributed by atoms with Crippen molar-refractivity contribution in [1.29, 1.82) is 0 Å². The van der Waals surface area contributed by atoms with E-state index in [1.54, 1.807) is 23.9 Å². The van der Waals surface area contributed by atoms with Crippen LogP contribution in [0.25, 0.3) is 6.08 Å². The molecule has 0 atom stereocenters. The molecule has 0 aliphatic carbocycles. The summed E-state index contributed by atoms with van der Waals surface area (Å²) in [4.78, 5) is 16.3. The molecule has 110 valence electrons. The molecule has 0 aromatic carbocycles. The number of halogens is 1. The van der Waals surface area contributed by atoms with Crippen LogP contribution in [0.3, 0.4) is 0 Å². The molecule has 0 saturated carbocycles. The van der Waals surface area contributed by atoms with Crippen LogP contribution < -0.4 is 0 Å². The van der Waals surface area contributed by atoms with Gasteiger partial charge in [-0.1, -0.05) is 11.6 Å². The van der Waals surface area contributed by atoms with Gasteiger partial charge < -0.3 is 9.80 Å². The highest BCUT2D eigenvalue weighted by Gasteiger charge is 2.16. The highest BCUT2D eigenvalue weighted by Crippen LogP contribution is 2.20. The predicted octanol–water partition coefficient (Wildman–Crippen LogP) is 1.56. The molecule has 1 aromatic heterocycles. The second-order valence-electron chi connectivity index (χ2n) is 5.23. The zero-order valence-electron chi connectivity index (χ0n) is 12.3. The lowest BCUT2D eigenvalue weighted by atomic mass is 10.2. The van der Waals surface area contributed by atoms with E-state index in [2.05, 4.69) is 17.0 Å². The Kier molecular flexibility index (Phi) is 4.83. The van der Waals surface area contributed by atoms with Crippen LogP contribution in [0.2, 0.25) is 5.15 Å². The van der Waals surface area contributed by atoms with Gasteiger partial charge in [-0.3, -0.25) is 9.48 Å². The van der Waals surface area contributed by atoms with Gasteiger partial charge in [-0.2, -0.15) is 5.10 Å². The number of aryl methyl sites for hydroxylation is 2. The second-order valence-corrected chi connectivity index (χ2v) is 5.59. The average Bonchev–Trinajstić information content (AvgIpc) is 2.59. The molecule has 20 heavy (non-hydrogen) atoms. The molecule has 1 aliphatic rings. The van der Waals surface area contributed by atoms with Crippen LogP contribution in [-0.4, -0.2) is 58.7 Å². The number of carbonyl (C=O) groups excluding carboxylic acids is 1. The molecular formula is C14H21ClN4O. The number of hydrogen-bond acceptors (Lipinski definition) is 3. The monoisotopic (exact) mass is 296 g/mol. The van der Waals surface area contributed by atoms with Gasteiger partial charge in [0.15, 0.2) is 0 Å². The van der Waals surface area contributed by atoms with Crippen molar-refractivity contribution < 1.29 is 4.79 Å². The summed E-state index contributed by atoms with van der Waals surface area (Å²) in [6.07, 6.45) is 4.38. The smallest absolute Gasteiger partial charge is 0.246 e. The van der Waals surface area contributed by atoms with Crippen LogP contribution in [0.4, 0.5) is 0 Å². The van der Waals surface area contributed by atoms with Crippen LogP contribution in [0.1, 0.15) is 17.7 Å². The van der Waals surface area contributed by atoms with Gasteiger partial charge in [0.1, 0.15) is 5.15 Å². The molecule has 0 radical (unpaired) electrons. The quantitative estimate of drug-likeness (QED) is 0.778. The van der Waals surface area contributed by atoms with Crippen molar-refractivity contribution in [2.75, 3.05) is 33.2 Å². The third-order valence-electron chi connectivity index (χ3n) is 3.62. The van der Waals surface area contributed by atoms with Crippen molar-refractivity contribution >= 4 is 23.6 Å². The number of aromatic nitrogens is 2. The van der Waals surface area contributed by atoms with E-state index in [4.69, 9.17) is 11.6 Å². The number of carbonyl (C=O) groups is 1. The molecule has 1 fully saturated rings. The number of nitrogens with zero attached hydrogens (tertiary/aromatic N) is 4. The third-order valence-corrected chi connectivity index (χ3v) is 4.07. The minimum atomic E-state index is 0.0413. The van der Waals surface area contributed by atoms with E-state index in [0.29, 0.717) is 5.15 Å². The highest BCUT2D eigenvalue weighted by atomic mass is 35.5. The zero-order chi connectivity index (χ0) is 14.7. The SMILES string of the molecule is Cc1nn(C)c(Cl)c1/C=C/C(=O)N1CCCN(C)CC1. The second kappa shape index (κ2) is 6.41. The Labute approximate surface area is 124 Å². The molecule has 0 N–H and O–H groups in total. The lowest BCUT2D eigenvalue weighted by molar-refractivity contribution is -0.125. The summed E-state index contributed by atoms with van der Waals surface area (Å²) >= 11 is 6.15. The van der Waals surface area contributed by atoms with E-state index < -0.39 is 0 Å². The van der Waals surface area contributed by atoms with Crippen molar-refractivity contribution in [2.24, 2.45) is 7.05 Å². The van der Waals surface area contributed by atoms with Crippen molar-refractivity contribution in [2.45, 2.75) is 13.3 Å². The molecule has 6 heteroatoms. The Morgan fingerprint density at radius 1 is 1.25 bits per heavy atom. The molecule has 1 aromatic rings. The topological polar surface area (TPSA) is 41.4 Å². The first-order valence-electron chi connectivity index (χ1n) is 6.83. The van der Waals surface area contributed by atoms with Gasteiger partial charge in [0, 0.05) is 38.3 Å². The van der Waals surface area contributed by atoms with Gasteiger partial charge in [-0.25, -0.2) is 0 Å². The van der Waals surface area contributed by atoms with E-state index >= 15 is 0 Å². The molecule has 0 unspecified atom stereocenters. The summed E-state index contributed by atoms with van der Waals surface area (Å²) < 4.78 is 1.61. The van der Waals surface area contributed by atoms with Gasteiger partial charge in [0.05, 0.1) is 5.69 Å². The van der Waals surface area contributed by atoms with Crippen molar-refractivity contribution in [3.63, 3.8) is 0 Å². The van der Waals surface area contributed by atoms with E-state index in [0.717, 1.165) is 43.9 Å². The lowest BCUT2D eigenvalue weighted by Gasteiger charge is -2.18. The minimum absolute atomic E-state index is 0.0413. The molecule has 5 nitrogen and oxygen atoms in total. The Hall–Kier alpha value is -1.33. The van der Waals surface area contributed by atoms with E-state index in [9.17, 15) is 4.79 Å². The first-order chi connectivity index (χ1) is 9.49. The summed E-state index contributed by atoms with van der Waals surface area (Å²) in [6.45, 7) is 5.44. The number of rotatable bonds is 2. The van der Waals surface area contributed by atoms with Crippen LogP contribution in [0, 0.1) is 6.92 Å². The summed E-state index contributed by atoms with van der Waals surface area (Å²) in [5.74, 6) is 0.0413. The Bertz CT molecular complexity index is 523. The van der Waals surface area contributed by atoms with E-state index in [1.807, 2.05) is 11.8 Å². The van der Waals surface area contributed by atoms with Gasteiger partial charge >= 0.3 is 0 Å². The molecule has 0 spiro atoms. The maximum Gasteiger partial charge on any atom is 0.246 e. The molecule has 2 heterocycles. The molecule has 2 rings (SSSR count). The van der Waals surface area contributed by atoms with E-state index in [-0.39, 0.29) is 5.91 Å². The van der Waals surface area contributed by atoms with Crippen molar-refractivity contribution in [3.8, 4) is 0 Å². The van der Waals surface area contributed by atoms with Gasteiger partial charge in [-0.15, -0.1) is 0 Å². The summed E-state index contributed by atoms with van der Waals surface area (Å²) in [6, 6.07) is 0. The molecule has 1 amide bonds. The first-order valence-corrected chi connectivity index (χ1v) is 7.21. The van der Waals surface area contributed by atoms with E-state index in [1.165, 1.54) is 0 Å². The predicted molar refractivity (Wildman–Crippen MR) is 80.7 cm³/mol. The van der Waals surface area contributed by atoms with Gasteiger partial charge in [-0.05, 0) is 33.0 Å². The molecule has 1 saturated heterocycles. The standard InChI is InChI=1S/C14H21ClN4O/c1-11-12(14(15)18(3)16-11)5-6-13(20)19-8-4-7-17(2)9-10-19/h5-6H,4,7-10H2,1-3H3/b6-5+. The normalized spacial score (nSPS) is 17.7. The molecule has 0 bridgehead atoms. The Balaban J connectivity index is 2.05. The fourth-order valence-electron chi connectivity index (χ4n) is 2.36. The number of likely N-dealkylation sites (N-methyl/N-ethyl adjacent to an activating group) is 1. The maximum atomic E-state index is 12.2. The Morgan fingerprint density at radius 2 is 2.00 bits per heavy atom. The largest absolute Gasteiger partial charge is 0.338 e. The number of hydrogen-bond donors (Lipinski definition) is 0. The van der Waals surface area contributed by atoms with Crippen LogP contribution in [0.15, 0.2) is 6.08 Å². The summed E-state index contributed by atoms with van der Waals surface area (Å²) in [5, 5.41) is 4.79. The molecule has 1 aliphatic heterocycles. The lowest BCUT2D eigenvalue weighted by Crippen LogP contribution is -2.33.